The summed E-state index contributed by atoms with van der Waals surface area (Å²) in [6.45, 7) is 2.16. The minimum absolute atomic E-state index is 1.00. The van der Waals surface area contributed by atoms with Crippen molar-refractivity contribution in [1.29, 1.82) is 0 Å². The molecule has 0 unspecified atom stereocenters. The summed E-state index contributed by atoms with van der Waals surface area (Å²) in [7, 11) is 0. The lowest BCUT2D eigenvalue weighted by atomic mass is 9.93. The number of hydrogen-bond acceptors (Lipinski definition) is 1. The monoisotopic (exact) mass is 271 g/mol. The molecule has 0 atom stereocenters. The highest BCUT2D eigenvalue weighted by Crippen LogP contribution is 2.30. The van der Waals surface area contributed by atoms with Crippen molar-refractivity contribution in [2.75, 3.05) is 0 Å². The maximum absolute atomic E-state index is 4.54. The van der Waals surface area contributed by atoms with Gasteiger partial charge in [-0.15, -0.1) is 0 Å². The highest BCUT2D eigenvalue weighted by atomic mass is 14.7. The number of hydrogen-bond donors (Lipinski definition) is 0. The van der Waals surface area contributed by atoms with Gasteiger partial charge in [0.25, 0.3) is 0 Å². The number of nitrogens with zero attached hydrogens (tertiary/aromatic N) is 1. The predicted molar refractivity (Wildman–Crippen MR) is 88.7 cm³/mol. The largest absolute Gasteiger partial charge is 0.256 e. The van der Waals surface area contributed by atoms with Crippen LogP contribution >= 0.6 is 0 Å². The SMILES string of the molecule is C/C(=C(/c1ccccc1)c1ccccn1)c1ccccc1. The van der Waals surface area contributed by atoms with Crippen molar-refractivity contribution in [3.8, 4) is 0 Å². The Labute approximate surface area is 125 Å². The number of allylic oxidation sites excluding steroid dienone is 1. The fourth-order valence-electron chi connectivity index (χ4n) is 2.50. The summed E-state index contributed by atoms with van der Waals surface area (Å²) in [5.74, 6) is 0. The molecule has 1 heterocycles. The molecule has 1 nitrogen and oxygen atoms in total. The zero-order valence-corrected chi connectivity index (χ0v) is 12.0. The standard InChI is InChI=1S/C20H17N/c1-16(17-10-4-2-5-11-17)20(18-12-6-3-7-13-18)19-14-8-9-15-21-19/h2-15H,1H3/b20-16+. The second kappa shape index (κ2) is 6.19. The summed E-state index contributed by atoms with van der Waals surface area (Å²) in [6.07, 6.45) is 1.84. The molecule has 0 aliphatic rings. The van der Waals surface area contributed by atoms with Crippen molar-refractivity contribution in [1.82, 2.24) is 4.98 Å². The van der Waals surface area contributed by atoms with E-state index < -0.39 is 0 Å². The first-order valence-electron chi connectivity index (χ1n) is 7.09. The predicted octanol–water partition coefficient (Wildman–Crippen LogP) is 5.06. The Morgan fingerprint density at radius 2 is 1.24 bits per heavy atom. The van der Waals surface area contributed by atoms with E-state index in [4.69, 9.17) is 0 Å². The van der Waals surface area contributed by atoms with Gasteiger partial charge < -0.3 is 0 Å². The van der Waals surface area contributed by atoms with Crippen LogP contribution in [0.5, 0.6) is 0 Å². The molecule has 2 aromatic carbocycles. The van der Waals surface area contributed by atoms with Gasteiger partial charge in [0.15, 0.2) is 0 Å². The van der Waals surface area contributed by atoms with E-state index in [0.717, 1.165) is 5.69 Å². The molecule has 1 heteroatoms. The zero-order valence-electron chi connectivity index (χ0n) is 12.0. The van der Waals surface area contributed by atoms with Gasteiger partial charge in [0.05, 0.1) is 5.69 Å². The third-order valence-corrected chi connectivity index (χ3v) is 3.57. The van der Waals surface area contributed by atoms with Crippen LogP contribution in [-0.4, -0.2) is 4.98 Å². The normalized spacial score (nSPS) is 11.9. The van der Waals surface area contributed by atoms with E-state index in [9.17, 15) is 0 Å². The minimum Gasteiger partial charge on any atom is -0.256 e. The van der Waals surface area contributed by atoms with Crippen molar-refractivity contribution in [3.05, 3.63) is 102 Å². The maximum atomic E-state index is 4.54. The zero-order chi connectivity index (χ0) is 14.5. The smallest absolute Gasteiger partial charge is 0.0710 e. The van der Waals surface area contributed by atoms with Crippen molar-refractivity contribution in [2.45, 2.75) is 6.92 Å². The van der Waals surface area contributed by atoms with Crippen molar-refractivity contribution < 1.29 is 0 Å². The molecule has 0 amide bonds. The van der Waals surface area contributed by atoms with Gasteiger partial charge in [-0.25, -0.2) is 0 Å². The highest BCUT2D eigenvalue weighted by Gasteiger charge is 2.10. The molecule has 0 aliphatic carbocycles. The summed E-state index contributed by atoms with van der Waals surface area (Å²) in [4.78, 5) is 4.54. The number of pyridine rings is 1. The van der Waals surface area contributed by atoms with Crippen LogP contribution < -0.4 is 0 Å². The van der Waals surface area contributed by atoms with Crippen LogP contribution in [0.3, 0.4) is 0 Å². The van der Waals surface area contributed by atoms with Crippen LogP contribution in [0.25, 0.3) is 11.1 Å². The molecule has 0 radical (unpaired) electrons. The number of benzene rings is 2. The molecule has 0 bridgehead atoms. The topological polar surface area (TPSA) is 12.9 Å². The first-order chi connectivity index (χ1) is 10.4. The van der Waals surface area contributed by atoms with E-state index in [1.165, 1.54) is 22.3 Å². The molecule has 0 saturated heterocycles. The lowest BCUT2D eigenvalue weighted by molar-refractivity contribution is 1.27. The first-order valence-corrected chi connectivity index (χ1v) is 7.09. The van der Waals surface area contributed by atoms with Crippen LogP contribution in [0.1, 0.15) is 23.7 Å². The van der Waals surface area contributed by atoms with E-state index in [2.05, 4.69) is 66.5 Å². The van der Waals surface area contributed by atoms with E-state index in [0.29, 0.717) is 0 Å². The van der Waals surface area contributed by atoms with Gasteiger partial charge in [-0.05, 0) is 35.8 Å². The van der Waals surface area contributed by atoms with Gasteiger partial charge in [-0.3, -0.25) is 4.98 Å². The van der Waals surface area contributed by atoms with E-state index in [1.807, 2.05) is 30.5 Å². The molecule has 0 spiro atoms. The lowest BCUT2D eigenvalue weighted by Crippen LogP contribution is -1.95. The summed E-state index contributed by atoms with van der Waals surface area (Å²) < 4.78 is 0. The van der Waals surface area contributed by atoms with Crippen LogP contribution in [0, 0.1) is 0 Å². The average molecular weight is 271 g/mol. The van der Waals surface area contributed by atoms with Gasteiger partial charge in [-0.1, -0.05) is 66.7 Å². The molecule has 0 aliphatic heterocycles. The molecule has 0 saturated carbocycles. The van der Waals surface area contributed by atoms with Crippen LogP contribution in [-0.2, 0) is 0 Å². The van der Waals surface area contributed by atoms with Gasteiger partial charge in [0.1, 0.15) is 0 Å². The van der Waals surface area contributed by atoms with E-state index in [1.54, 1.807) is 0 Å². The second-order valence-electron chi connectivity index (χ2n) is 4.95. The Bertz CT molecular complexity index is 687. The van der Waals surface area contributed by atoms with Crippen molar-refractivity contribution in [3.63, 3.8) is 0 Å². The summed E-state index contributed by atoms with van der Waals surface area (Å²) in [5.41, 5.74) is 5.84. The second-order valence-corrected chi connectivity index (χ2v) is 4.95. The molecule has 21 heavy (non-hydrogen) atoms. The van der Waals surface area contributed by atoms with Gasteiger partial charge in [-0.2, -0.15) is 0 Å². The van der Waals surface area contributed by atoms with Crippen molar-refractivity contribution in [2.24, 2.45) is 0 Å². The molecule has 102 valence electrons. The minimum atomic E-state index is 1.00. The average Bonchev–Trinajstić information content (AvgIpc) is 2.58. The molecule has 1 aromatic heterocycles. The summed E-state index contributed by atoms with van der Waals surface area (Å²) >= 11 is 0. The molecule has 0 N–H and O–H groups in total. The quantitative estimate of drug-likeness (QED) is 0.607. The third-order valence-electron chi connectivity index (χ3n) is 3.57. The molecular formula is C20H17N. The van der Waals surface area contributed by atoms with Gasteiger partial charge in [0.2, 0.25) is 0 Å². The fourth-order valence-corrected chi connectivity index (χ4v) is 2.50. The van der Waals surface area contributed by atoms with Gasteiger partial charge in [0, 0.05) is 11.8 Å². The van der Waals surface area contributed by atoms with Crippen LogP contribution in [0.15, 0.2) is 85.1 Å². The van der Waals surface area contributed by atoms with E-state index >= 15 is 0 Å². The molecule has 3 rings (SSSR count). The lowest BCUT2D eigenvalue weighted by Gasteiger charge is -2.13. The summed E-state index contributed by atoms with van der Waals surface area (Å²) in [6, 6.07) is 26.9. The van der Waals surface area contributed by atoms with Crippen molar-refractivity contribution >= 4 is 11.1 Å². The van der Waals surface area contributed by atoms with Gasteiger partial charge >= 0.3 is 0 Å². The molecular weight excluding hydrogens is 254 g/mol. The number of aromatic nitrogens is 1. The Morgan fingerprint density at radius 1 is 0.667 bits per heavy atom. The Kier molecular flexibility index (Phi) is 3.92. The van der Waals surface area contributed by atoms with Crippen LogP contribution in [0.2, 0.25) is 0 Å². The summed E-state index contributed by atoms with van der Waals surface area (Å²) in [5, 5.41) is 0. The third kappa shape index (κ3) is 2.92. The Hall–Kier alpha value is -2.67. The van der Waals surface area contributed by atoms with Crippen LogP contribution in [0.4, 0.5) is 0 Å². The Balaban J connectivity index is 2.22. The Morgan fingerprint density at radius 3 is 1.81 bits per heavy atom. The number of rotatable bonds is 3. The first kappa shape index (κ1) is 13.3. The fraction of sp³-hybridized carbons (Fsp3) is 0.0500. The van der Waals surface area contributed by atoms with E-state index in [-0.39, 0.29) is 0 Å². The molecule has 0 fully saturated rings. The molecule has 3 aromatic rings. The highest BCUT2D eigenvalue weighted by molar-refractivity contribution is 5.96. The maximum Gasteiger partial charge on any atom is 0.0710 e.